The van der Waals surface area contributed by atoms with E-state index in [-0.39, 0.29) is 12.1 Å². The predicted molar refractivity (Wildman–Crippen MR) is 72.7 cm³/mol. The van der Waals surface area contributed by atoms with Gasteiger partial charge >= 0.3 is 6.03 Å². The summed E-state index contributed by atoms with van der Waals surface area (Å²) in [5.74, 6) is 3.29. The molecule has 0 saturated carbocycles. The van der Waals surface area contributed by atoms with Crippen molar-refractivity contribution in [2.75, 3.05) is 12.4 Å². The van der Waals surface area contributed by atoms with Crippen molar-refractivity contribution in [3.05, 3.63) is 24.3 Å². The van der Waals surface area contributed by atoms with E-state index in [2.05, 4.69) is 16.6 Å². The first-order chi connectivity index (χ1) is 8.69. The van der Waals surface area contributed by atoms with E-state index in [1.807, 2.05) is 6.92 Å². The molecule has 0 aliphatic heterocycles. The minimum Gasteiger partial charge on any atom is -0.497 e. The Kier molecular flexibility index (Phi) is 5.59. The highest BCUT2D eigenvalue weighted by molar-refractivity contribution is 5.89. The molecule has 4 nitrogen and oxygen atoms in total. The minimum absolute atomic E-state index is 0.00764. The summed E-state index contributed by atoms with van der Waals surface area (Å²) in [6.45, 7) is 1.98. The second kappa shape index (κ2) is 7.23. The summed E-state index contributed by atoms with van der Waals surface area (Å²) >= 11 is 0. The normalized spacial score (nSPS) is 11.2. The topological polar surface area (TPSA) is 50.4 Å². The Labute approximate surface area is 108 Å². The maximum absolute atomic E-state index is 11.7. The number of nitrogens with one attached hydrogen (secondary N) is 2. The molecule has 0 spiro atoms. The number of hydrogen-bond acceptors (Lipinski definition) is 2. The van der Waals surface area contributed by atoms with Crippen molar-refractivity contribution in [3.63, 3.8) is 0 Å². The first-order valence-corrected chi connectivity index (χ1v) is 5.84. The van der Waals surface area contributed by atoms with Gasteiger partial charge in [-0.25, -0.2) is 4.79 Å². The molecular weight excluding hydrogens is 228 g/mol. The smallest absolute Gasteiger partial charge is 0.319 e. The SMILES string of the molecule is C#CCC(CC)NC(=O)Nc1ccc(OC)cc1. The van der Waals surface area contributed by atoms with E-state index in [1.54, 1.807) is 31.4 Å². The average molecular weight is 246 g/mol. The van der Waals surface area contributed by atoms with Crippen molar-refractivity contribution in [3.8, 4) is 18.1 Å². The molecule has 1 aromatic carbocycles. The molecule has 0 aliphatic rings. The zero-order chi connectivity index (χ0) is 13.4. The van der Waals surface area contributed by atoms with Gasteiger partial charge in [-0.3, -0.25) is 0 Å². The van der Waals surface area contributed by atoms with Gasteiger partial charge in [0.2, 0.25) is 0 Å². The summed E-state index contributed by atoms with van der Waals surface area (Å²) in [7, 11) is 1.60. The molecule has 0 fully saturated rings. The Morgan fingerprint density at radius 2 is 2.11 bits per heavy atom. The van der Waals surface area contributed by atoms with Crippen molar-refractivity contribution in [2.45, 2.75) is 25.8 Å². The number of hydrogen-bond donors (Lipinski definition) is 2. The molecule has 2 N–H and O–H groups in total. The van der Waals surface area contributed by atoms with Gasteiger partial charge in [-0.2, -0.15) is 0 Å². The molecule has 0 aromatic heterocycles. The number of amides is 2. The van der Waals surface area contributed by atoms with E-state index in [9.17, 15) is 4.79 Å². The highest BCUT2D eigenvalue weighted by Crippen LogP contribution is 2.14. The average Bonchev–Trinajstić information content (AvgIpc) is 2.39. The number of ether oxygens (including phenoxy) is 1. The number of benzene rings is 1. The van der Waals surface area contributed by atoms with Gasteiger partial charge in [-0.1, -0.05) is 6.92 Å². The van der Waals surface area contributed by atoms with Gasteiger partial charge in [0.15, 0.2) is 0 Å². The monoisotopic (exact) mass is 246 g/mol. The van der Waals surface area contributed by atoms with E-state index in [4.69, 9.17) is 11.2 Å². The van der Waals surface area contributed by atoms with E-state index in [0.29, 0.717) is 12.1 Å². The van der Waals surface area contributed by atoms with Crippen LogP contribution in [-0.2, 0) is 0 Å². The van der Waals surface area contributed by atoms with E-state index in [0.717, 1.165) is 12.2 Å². The fourth-order valence-corrected chi connectivity index (χ4v) is 1.47. The van der Waals surface area contributed by atoms with Crippen LogP contribution < -0.4 is 15.4 Å². The van der Waals surface area contributed by atoms with E-state index in [1.165, 1.54) is 0 Å². The van der Waals surface area contributed by atoms with Crippen LogP contribution in [0.2, 0.25) is 0 Å². The summed E-state index contributed by atoms with van der Waals surface area (Å²) < 4.78 is 5.04. The Bertz CT molecular complexity index is 420. The lowest BCUT2D eigenvalue weighted by Crippen LogP contribution is -2.37. The molecule has 0 radical (unpaired) electrons. The summed E-state index contributed by atoms with van der Waals surface area (Å²) in [6.07, 6.45) is 6.57. The van der Waals surface area contributed by atoms with Crippen LogP contribution in [0.5, 0.6) is 5.75 Å². The number of terminal acetylenes is 1. The van der Waals surface area contributed by atoms with Gasteiger partial charge in [-0.05, 0) is 30.7 Å². The van der Waals surface area contributed by atoms with Gasteiger partial charge in [0.05, 0.1) is 7.11 Å². The first-order valence-electron chi connectivity index (χ1n) is 5.84. The molecule has 0 heterocycles. The lowest BCUT2D eigenvalue weighted by atomic mass is 10.1. The van der Waals surface area contributed by atoms with Crippen LogP contribution in [0.4, 0.5) is 10.5 Å². The zero-order valence-electron chi connectivity index (χ0n) is 10.7. The van der Waals surface area contributed by atoms with Crippen LogP contribution in [0, 0.1) is 12.3 Å². The largest absolute Gasteiger partial charge is 0.497 e. The molecule has 96 valence electrons. The molecule has 1 unspecified atom stereocenters. The summed E-state index contributed by atoms with van der Waals surface area (Å²) in [6, 6.07) is 6.89. The second-order valence-corrected chi connectivity index (χ2v) is 3.84. The summed E-state index contributed by atoms with van der Waals surface area (Å²) in [5.41, 5.74) is 0.712. The molecule has 0 aliphatic carbocycles. The van der Waals surface area contributed by atoms with Crippen LogP contribution in [0.1, 0.15) is 19.8 Å². The number of rotatable bonds is 5. The molecule has 4 heteroatoms. The second-order valence-electron chi connectivity index (χ2n) is 3.84. The number of anilines is 1. The fraction of sp³-hybridized carbons (Fsp3) is 0.357. The van der Waals surface area contributed by atoms with Crippen molar-refractivity contribution in [1.82, 2.24) is 5.32 Å². The minimum atomic E-state index is -0.248. The zero-order valence-corrected chi connectivity index (χ0v) is 10.7. The van der Waals surface area contributed by atoms with Gasteiger partial charge in [-0.15, -0.1) is 12.3 Å². The third kappa shape index (κ3) is 4.38. The molecule has 1 rings (SSSR count). The van der Waals surface area contributed by atoms with Crippen molar-refractivity contribution < 1.29 is 9.53 Å². The van der Waals surface area contributed by atoms with E-state index >= 15 is 0 Å². The van der Waals surface area contributed by atoms with Crippen LogP contribution in [0.25, 0.3) is 0 Å². The quantitative estimate of drug-likeness (QED) is 0.785. The van der Waals surface area contributed by atoms with Gasteiger partial charge < -0.3 is 15.4 Å². The lowest BCUT2D eigenvalue weighted by Gasteiger charge is -2.15. The van der Waals surface area contributed by atoms with Crippen LogP contribution >= 0.6 is 0 Å². The van der Waals surface area contributed by atoms with Crippen LogP contribution in [0.15, 0.2) is 24.3 Å². The van der Waals surface area contributed by atoms with Crippen LogP contribution in [0.3, 0.4) is 0 Å². The van der Waals surface area contributed by atoms with Gasteiger partial charge in [0, 0.05) is 18.2 Å². The van der Waals surface area contributed by atoms with Crippen molar-refractivity contribution in [1.29, 1.82) is 0 Å². The molecule has 1 atom stereocenters. The highest BCUT2D eigenvalue weighted by Gasteiger charge is 2.08. The molecule has 1 aromatic rings. The van der Waals surface area contributed by atoms with Crippen molar-refractivity contribution >= 4 is 11.7 Å². The van der Waals surface area contributed by atoms with Gasteiger partial charge in [0.1, 0.15) is 5.75 Å². The standard InChI is InChI=1S/C14H18N2O2/c1-4-6-11(5-2)15-14(17)16-12-7-9-13(18-3)10-8-12/h1,7-11H,5-6H2,2-3H3,(H2,15,16,17). The highest BCUT2D eigenvalue weighted by atomic mass is 16.5. The molecule has 2 amide bonds. The fourth-order valence-electron chi connectivity index (χ4n) is 1.47. The number of urea groups is 1. The third-order valence-electron chi connectivity index (χ3n) is 2.54. The maximum atomic E-state index is 11.7. The predicted octanol–water partition coefficient (Wildman–Crippen LogP) is 2.62. The summed E-state index contributed by atoms with van der Waals surface area (Å²) in [5, 5.41) is 5.56. The Hall–Kier alpha value is -2.15. The third-order valence-corrected chi connectivity index (χ3v) is 2.54. The Morgan fingerprint density at radius 3 is 2.61 bits per heavy atom. The van der Waals surface area contributed by atoms with E-state index < -0.39 is 0 Å². The molecule has 0 saturated heterocycles. The van der Waals surface area contributed by atoms with Gasteiger partial charge in [0.25, 0.3) is 0 Å². The molecular formula is C14H18N2O2. The van der Waals surface area contributed by atoms with Crippen LogP contribution in [-0.4, -0.2) is 19.2 Å². The van der Waals surface area contributed by atoms with Crippen molar-refractivity contribution in [2.24, 2.45) is 0 Å². The molecule has 0 bridgehead atoms. The summed E-state index contributed by atoms with van der Waals surface area (Å²) in [4.78, 5) is 11.7. The molecule has 18 heavy (non-hydrogen) atoms. The number of carbonyl (C=O) groups excluding carboxylic acids is 1. The Morgan fingerprint density at radius 1 is 1.44 bits per heavy atom. The number of carbonyl (C=O) groups is 1. The number of methoxy groups -OCH3 is 1. The lowest BCUT2D eigenvalue weighted by molar-refractivity contribution is 0.248. The Balaban J connectivity index is 2.50. The maximum Gasteiger partial charge on any atom is 0.319 e. The first kappa shape index (κ1) is 13.9.